The van der Waals surface area contributed by atoms with E-state index in [9.17, 15) is 4.39 Å². The van der Waals surface area contributed by atoms with Crippen molar-refractivity contribution in [1.82, 2.24) is 0 Å². The van der Waals surface area contributed by atoms with Gasteiger partial charge in [0, 0.05) is 0 Å². The van der Waals surface area contributed by atoms with Crippen LogP contribution < -0.4 is 0 Å². The van der Waals surface area contributed by atoms with E-state index in [1.807, 2.05) is 0 Å². The van der Waals surface area contributed by atoms with Gasteiger partial charge in [0.15, 0.2) is 0 Å². The van der Waals surface area contributed by atoms with Gasteiger partial charge in [-0.3, -0.25) is 0 Å². The van der Waals surface area contributed by atoms with E-state index in [1.165, 1.54) is 6.08 Å². The number of allylic oxidation sites excluding steroid dienone is 4. The van der Waals surface area contributed by atoms with Crippen molar-refractivity contribution in [3.8, 4) is 0 Å². The molecule has 0 aliphatic heterocycles. The molecule has 0 aliphatic rings. The quantitative estimate of drug-likeness (QED) is 0.407. The van der Waals surface area contributed by atoms with E-state index in [0.717, 1.165) is 5.57 Å². The van der Waals surface area contributed by atoms with Crippen molar-refractivity contribution in [3.63, 3.8) is 0 Å². The second-order valence-electron chi connectivity index (χ2n) is 1.63. The van der Waals surface area contributed by atoms with Crippen molar-refractivity contribution < 1.29 is 4.39 Å². The Hall–Kier alpha value is -1.11. The highest BCUT2D eigenvalue weighted by molar-refractivity contribution is 5.18. The normalized spacial score (nSPS) is 8.20. The number of rotatable bonds is 2. The summed E-state index contributed by atoms with van der Waals surface area (Å²) in [5.41, 5.74) is 0.823. The van der Waals surface area contributed by atoms with E-state index in [1.54, 1.807) is 13.0 Å². The SMILES string of the molecule is C=C.C=C(C)/C=C\C(=C)F. The molecule has 0 saturated carbocycles. The van der Waals surface area contributed by atoms with Crippen molar-refractivity contribution in [2.45, 2.75) is 6.92 Å². The minimum atomic E-state index is -0.437. The Morgan fingerprint density at radius 2 is 1.60 bits per heavy atom. The third kappa shape index (κ3) is 15.8. The molecular weight excluding hydrogens is 127 g/mol. The minimum Gasteiger partial charge on any atom is -0.208 e. The molecule has 0 radical (unpaired) electrons. The maximum atomic E-state index is 11.7. The first-order valence-electron chi connectivity index (χ1n) is 2.81. The topological polar surface area (TPSA) is 0 Å². The van der Waals surface area contributed by atoms with Crippen LogP contribution in [0.3, 0.4) is 0 Å². The van der Waals surface area contributed by atoms with E-state index in [2.05, 4.69) is 26.3 Å². The molecular formula is C9H13F. The molecule has 0 unspecified atom stereocenters. The zero-order chi connectivity index (χ0) is 8.57. The van der Waals surface area contributed by atoms with Crippen molar-refractivity contribution in [3.05, 3.63) is 49.9 Å². The first-order valence-corrected chi connectivity index (χ1v) is 2.81. The van der Waals surface area contributed by atoms with Crippen LogP contribution in [0, 0.1) is 0 Å². The second kappa shape index (κ2) is 7.89. The molecule has 0 aromatic rings. The van der Waals surface area contributed by atoms with Gasteiger partial charge in [-0.2, -0.15) is 0 Å². The van der Waals surface area contributed by atoms with Crippen molar-refractivity contribution in [1.29, 1.82) is 0 Å². The van der Waals surface area contributed by atoms with Gasteiger partial charge in [-0.15, -0.1) is 13.2 Å². The van der Waals surface area contributed by atoms with Crippen LogP contribution >= 0.6 is 0 Å². The summed E-state index contributed by atoms with van der Waals surface area (Å²) in [7, 11) is 0. The van der Waals surface area contributed by atoms with Crippen LogP contribution in [0.25, 0.3) is 0 Å². The van der Waals surface area contributed by atoms with Crippen LogP contribution in [0.1, 0.15) is 6.92 Å². The molecule has 0 aromatic carbocycles. The zero-order valence-corrected chi connectivity index (χ0v) is 6.36. The smallest absolute Gasteiger partial charge is 0.116 e. The summed E-state index contributed by atoms with van der Waals surface area (Å²) in [6, 6.07) is 0. The maximum absolute atomic E-state index is 11.7. The highest BCUT2D eigenvalue weighted by Gasteiger charge is 1.76. The molecule has 56 valence electrons. The molecule has 0 nitrogen and oxygen atoms in total. The van der Waals surface area contributed by atoms with Gasteiger partial charge in [0.05, 0.1) is 0 Å². The van der Waals surface area contributed by atoms with Gasteiger partial charge < -0.3 is 0 Å². The predicted molar refractivity (Wildman–Crippen MR) is 45.5 cm³/mol. The monoisotopic (exact) mass is 140 g/mol. The lowest BCUT2D eigenvalue weighted by Gasteiger charge is -1.81. The Bertz CT molecular complexity index is 127. The summed E-state index contributed by atoms with van der Waals surface area (Å²) in [4.78, 5) is 0. The van der Waals surface area contributed by atoms with Crippen LogP contribution in [-0.4, -0.2) is 0 Å². The molecule has 0 fully saturated rings. The summed E-state index contributed by atoms with van der Waals surface area (Å²) in [6.45, 7) is 14.4. The predicted octanol–water partition coefficient (Wildman–Crippen LogP) is 3.40. The van der Waals surface area contributed by atoms with Crippen LogP contribution in [-0.2, 0) is 0 Å². The van der Waals surface area contributed by atoms with Gasteiger partial charge in [0.1, 0.15) is 5.83 Å². The second-order valence-corrected chi connectivity index (χ2v) is 1.63. The lowest BCUT2D eigenvalue weighted by Crippen LogP contribution is -1.61. The fraction of sp³-hybridized carbons (Fsp3) is 0.111. The van der Waals surface area contributed by atoms with E-state index >= 15 is 0 Å². The third-order valence-electron chi connectivity index (χ3n) is 0.549. The van der Waals surface area contributed by atoms with Gasteiger partial charge >= 0.3 is 0 Å². The standard InChI is InChI=1S/C7H9F.C2H4/c1-6(2)4-5-7(3)8;1-2/h4-5H,1,3H2,2H3;1-2H2/b5-4-;. The summed E-state index contributed by atoms with van der Waals surface area (Å²) in [5, 5.41) is 0. The molecule has 0 atom stereocenters. The molecule has 0 amide bonds. The minimum absolute atomic E-state index is 0.437. The molecule has 0 aromatic heterocycles. The Balaban J connectivity index is 0. The van der Waals surface area contributed by atoms with Crippen LogP contribution in [0.5, 0.6) is 0 Å². The Morgan fingerprint density at radius 1 is 1.20 bits per heavy atom. The van der Waals surface area contributed by atoms with Gasteiger partial charge in [-0.25, -0.2) is 4.39 Å². The lowest BCUT2D eigenvalue weighted by molar-refractivity contribution is 0.671. The molecule has 0 heterocycles. The van der Waals surface area contributed by atoms with E-state index in [-0.39, 0.29) is 0 Å². The first kappa shape index (κ1) is 11.7. The lowest BCUT2D eigenvalue weighted by atomic mass is 10.3. The fourth-order valence-corrected chi connectivity index (χ4v) is 0.233. The fourth-order valence-electron chi connectivity index (χ4n) is 0.233. The van der Waals surface area contributed by atoms with Crippen molar-refractivity contribution in [2.75, 3.05) is 0 Å². The molecule has 1 heteroatoms. The first-order chi connectivity index (χ1) is 4.63. The highest BCUT2D eigenvalue weighted by atomic mass is 19.1. The molecule has 0 saturated heterocycles. The van der Waals surface area contributed by atoms with Crippen LogP contribution in [0.4, 0.5) is 4.39 Å². The van der Waals surface area contributed by atoms with Crippen molar-refractivity contribution in [2.24, 2.45) is 0 Å². The number of halogens is 1. The van der Waals surface area contributed by atoms with Crippen LogP contribution in [0.15, 0.2) is 49.9 Å². The third-order valence-corrected chi connectivity index (χ3v) is 0.549. The van der Waals surface area contributed by atoms with E-state index < -0.39 is 5.83 Å². The average molecular weight is 140 g/mol. The van der Waals surface area contributed by atoms with E-state index in [4.69, 9.17) is 0 Å². The highest BCUT2D eigenvalue weighted by Crippen LogP contribution is 1.96. The molecule has 0 aliphatic carbocycles. The number of hydrogen-bond acceptors (Lipinski definition) is 0. The molecule has 0 spiro atoms. The molecule has 0 rings (SSSR count). The van der Waals surface area contributed by atoms with E-state index in [0.29, 0.717) is 0 Å². The molecule has 10 heavy (non-hydrogen) atoms. The number of hydrogen-bond donors (Lipinski definition) is 0. The van der Waals surface area contributed by atoms with Crippen LogP contribution in [0.2, 0.25) is 0 Å². The largest absolute Gasteiger partial charge is 0.208 e. The summed E-state index contributed by atoms with van der Waals surface area (Å²) >= 11 is 0. The summed E-state index contributed by atoms with van der Waals surface area (Å²) in [6.07, 6.45) is 2.85. The maximum Gasteiger partial charge on any atom is 0.116 e. The molecule has 0 bridgehead atoms. The summed E-state index contributed by atoms with van der Waals surface area (Å²) < 4.78 is 11.7. The van der Waals surface area contributed by atoms with Gasteiger partial charge in [-0.1, -0.05) is 24.8 Å². The Kier molecular flexibility index (Phi) is 9.20. The Labute approximate surface area is 62.1 Å². The zero-order valence-electron chi connectivity index (χ0n) is 6.36. The Morgan fingerprint density at radius 3 is 1.70 bits per heavy atom. The van der Waals surface area contributed by atoms with Gasteiger partial charge in [0.2, 0.25) is 0 Å². The van der Waals surface area contributed by atoms with Crippen molar-refractivity contribution >= 4 is 0 Å². The van der Waals surface area contributed by atoms with Gasteiger partial charge in [-0.05, 0) is 13.0 Å². The van der Waals surface area contributed by atoms with Gasteiger partial charge in [0.25, 0.3) is 0 Å². The average Bonchev–Trinajstić information content (AvgIpc) is 1.89. The summed E-state index contributed by atoms with van der Waals surface area (Å²) in [5.74, 6) is -0.437. The molecule has 0 N–H and O–H groups in total.